The van der Waals surface area contributed by atoms with E-state index in [0.29, 0.717) is 11.8 Å². The van der Waals surface area contributed by atoms with Crippen LogP contribution in [0.15, 0.2) is 73.3 Å². The fourth-order valence-electron chi connectivity index (χ4n) is 4.67. The van der Waals surface area contributed by atoms with Crippen LogP contribution in [0, 0.1) is 11.8 Å². The Morgan fingerprint density at radius 1 is 1.00 bits per heavy atom. The summed E-state index contributed by atoms with van der Waals surface area (Å²) in [5.41, 5.74) is 0. The topological polar surface area (TPSA) is 18.5 Å². The van der Waals surface area contributed by atoms with Gasteiger partial charge in [0.15, 0.2) is 0 Å². The van der Waals surface area contributed by atoms with Crippen LogP contribution in [0.1, 0.15) is 33.6 Å². The van der Waals surface area contributed by atoms with E-state index in [-0.39, 0.29) is 11.1 Å². The molecule has 3 rings (SSSR count). The first-order valence-corrected chi connectivity index (χ1v) is 12.2. The van der Waals surface area contributed by atoms with Crippen LogP contribution in [0.2, 0.25) is 5.04 Å². The van der Waals surface area contributed by atoms with Gasteiger partial charge in [-0.05, 0) is 40.1 Å². The van der Waals surface area contributed by atoms with Gasteiger partial charge in [-0.15, -0.1) is 6.58 Å². The van der Waals surface area contributed by atoms with Crippen LogP contribution in [-0.4, -0.2) is 28.1 Å². The van der Waals surface area contributed by atoms with Crippen molar-refractivity contribution in [2.45, 2.75) is 44.8 Å². The minimum atomic E-state index is -2.45. The molecular formula is C25H34O2Si. The molecular weight excluding hydrogens is 360 g/mol. The Morgan fingerprint density at radius 2 is 1.54 bits per heavy atom. The highest BCUT2D eigenvalue weighted by atomic mass is 28.4. The van der Waals surface area contributed by atoms with Gasteiger partial charge in [-0.2, -0.15) is 0 Å². The molecule has 3 heteroatoms. The lowest BCUT2D eigenvalue weighted by atomic mass is 9.71. The van der Waals surface area contributed by atoms with Gasteiger partial charge < -0.3 is 9.16 Å². The van der Waals surface area contributed by atoms with Crippen LogP contribution in [0.4, 0.5) is 0 Å². The lowest BCUT2D eigenvalue weighted by Crippen LogP contribution is -2.67. The second-order valence-electron chi connectivity index (χ2n) is 8.91. The Balaban J connectivity index is 1.96. The molecule has 1 unspecified atom stereocenters. The lowest BCUT2D eigenvalue weighted by molar-refractivity contribution is -0.00857. The number of rotatable bonds is 8. The molecule has 0 saturated heterocycles. The Kier molecular flexibility index (Phi) is 6.59. The van der Waals surface area contributed by atoms with Crippen molar-refractivity contribution in [3.63, 3.8) is 0 Å². The molecule has 1 saturated carbocycles. The van der Waals surface area contributed by atoms with E-state index in [0.717, 1.165) is 6.61 Å². The van der Waals surface area contributed by atoms with Crippen LogP contribution < -0.4 is 10.4 Å². The molecule has 1 aliphatic rings. The highest BCUT2D eigenvalue weighted by Gasteiger charge is 2.51. The maximum absolute atomic E-state index is 7.09. The van der Waals surface area contributed by atoms with Crippen LogP contribution in [-0.2, 0) is 9.16 Å². The average molecular weight is 395 g/mol. The van der Waals surface area contributed by atoms with Gasteiger partial charge in [0.2, 0.25) is 0 Å². The van der Waals surface area contributed by atoms with E-state index < -0.39 is 8.32 Å². The van der Waals surface area contributed by atoms with E-state index in [2.05, 4.69) is 88.0 Å². The van der Waals surface area contributed by atoms with Crippen molar-refractivity contribution in [1.29, 1.82) is 0 Å². The van der Waals surface area contributed by atoms with Gasteiger partial charge in [0.05, 0.1) is 6.10 Å². The molecule has 2 aromatic rings. The van der Waals surface area contributed by atoms with Crippen molar-refractivity contribution >= 4 is 18.7 Å². The predicted molar refractivity (Wildman–Crippen MR) is 121 cm³/mol. The summed E-state index contributed by atoms with van der Waals surface area (Å²) in [5.74, 6) is 1.05. The van der Waals surface area contributed by atoms with Gasteiger partial charge in [0, 0.05) is 13.7 Å². The highest BCUT2D eigenvalue weighted by Crippen LogP contribution is 2.42. The average Bonchev–Trinajstić information content (AvgIpc) is 2.68. The summed E-state index contributed by atoms with van der Waals surface area (Å²) in [7, 11) is -0.663. The third-order valence-corrected chi connectivity index (χ3v) is 11.3. The van der Waals surface area contributed by atoms with E-state index in [1.165, 1.54) is 23.2 Å². The SMILES string of the molecule is C=CC(OC)[C@@H]1CC[C@H]1CO[Si](c1ccccc1)(c1ccccc1)C(C)(C)C. The largest absolute Gasteiger partial charge is 0.407 e. The van der Waals surface area contributed by atoms with Crippen LogP contribution in [0.3, 0.4) is 0 Å². The Bertz CT molecular complexity index is 712. The number of ether oxygens (including phenoxy) is 1. The van der Waals surface area contributed by atoms with Crippen molar-refractivity contribution in [2.75, 3.05) is 13.7 Å². The third kappa shape index (κ3) is 3.89. The molecule has 0 bridgehead atoms. The van der Waals surface area contributed by atoms with Gasteiger partial charge in [-0.25, -0.2) is 0 Å². The molecule has 0 aliphatic heterocycles. The lowest BCUT2D eigenvalue weighted by Gasteiger charge is -2.46. The van der Waals surface area contributed by atoms with Gasteiger partial charge in [-0.1, -0.05) is 87.5 Å². The molecule has 0 heterocycles. The molecule has 0 N–H and O–H groups in total. The maximum atomic E-state index is 7.09. The Labute approximate surface area is 171 Å². The van der Waals surface area contributed by atoms with Gasteiger partial charge in [0.25, 0.3) is 8.32 Å². The molecule has 0 spiro atoms. The molecule has 28 heavy (non-hydrogen) atoms. The minimum Gasteiger partial charge on any atom is -0.407 e. The van der Waals surface area contributed by atoms with Gasteiger partial charge in [-0.3, -0.25) is 0 Å². The molecule has 0 radical (unpaired) electrons. The van der Waals surface area contributed by atoms with E-state index in [4.69, 9.17) is 9.16 Å². The summed E-state index contributed by atoms with van der Waals surface area (Å²) in [6.45, 7) is 11.7. The van der Waals surface area contributed by atoms with Crippen LogP contribution >= 0.6 is 0 Å². The Hall–Kier alpha value is -1.68. The quantitative estimate of drug-likeness (QED) is 0.473. The number of benzene rings is 2. The number of hydrogen-bond donors (Lipinski definition) is 0. The summed E-state index contributed by atoms with van der Waals surface area (Å²) in [6.07, 6.45) is 4.47. The van der Waals surface area contributed by atoms with Crippen LogP contribution in [0.5, 0.6) is 0 Å². The second kappa shape index (κ2) is 8.77. The first-order valence-electron chi connectivity index (χ1n) is 10.3. The molecule has 150 valence electrons. The minimum absolute atomic E-state index is 0.0219. The molecule has 2 aromatic carbocycles. The van der Waals surface area contributed by atoms with Crippen molar-refractivity contribution < 1.29 is 9.16 Å². The summed E-state index contributed by atoms with van der Waals surface area (Å²) in [6, 6.07) is 21.8. The zero-order chi connectivity index (χ0) is 20.2. The normalized spacial score (nSPS) is 21.0. The molecule has 3 atom stereocenters. The van der Waals surface area contributed by atoms with Crippen molar-refractivity contribution in [2.24, 2.45) is 11.8 Å². The standard InChI is InChI=1S/C25H34O2Si/c1-6-24(26-5)23-18-17-20(23)19-27-28(25(2,3)4,21-13-9-7-10-14-21)22-15-11-8-12-16-22/h6-16,20,23-24H,1,17-19H2,2-5H3/t20-,23+,24?/m0/s1. The molecule has 0 aromatic heterocycles. The highest BCUT2D eigenvalue weighted by molar-refractivity contribution is 6.99. The molecule has 2 nitrogen and oxygen atoms in total. The Morgan fingerprint density at radius 3 is 1.89 bits per heavy atom. The van der Waals surface area contributed by atoms with Crippen molar-refractivity contribution in [3.05, 3.63) is 73.3 Å². The number of hydrogen-bond acceptors (Lipinski definition) is 2. The van der Waals surface area contributed by atoms with E-state index >= 15 is 0 Å². The van der Waals surface area contributed by atoms with Crippen LogP contribution in [0.25, 0.3) is 0 Å². The monoisotopic (exact) mass is 394 g/mol. The van der Waals surface area contributed by atoms with Gasteiger partial charge in [0.1, 0.15) is 0 Å². The zero-order valence-electron chi connectivity index (χ0n) is 17.7. The first kappa shape index (κ1) is 21.0. The zero-order valence-corrected chi connectivity index (χ0v) is 18.7. The maximum Gasteiger partial charge on any atom is 0.261 e. The summed E-state index contributed by atoms with van der Waals surface area (Å²) < 4.78 is 12.7. The second-order valence-corrected chi connectivity index (χ2v) is 13.2. The molecule has 1 aliphatic carbocycles. The fourth-order valence-corrected chi connectivity index (χ4v) is 9.29. The third-order valence-electron chi connectivity index (χ3n) is 6.33. The first-order chi connectivity index (χ1) is 13.4. The van der Waals surface area contributed by atoms with E-state index in [9.17, 15) is 0 Å². The van der Waals surface area contributed by atoms with E-state index in [1.54, 1.807) is 7.11 Å². The fraction of sp³-hybridized carbons (Fsp3) is 0.440. The summed E-state index contributed by atoms with van der Waals surface area (Å²) >= 11 is 0. The number of methoxy groups -OCH3 is 1. The van der Waals surface area contributed by atoms with E-state index in [1.807, 2.05) is 6.08 Å². The molecule has 1 fully saturated rings. The van der Waals surface area contributed by atoms with Crippen molar-refractivity contribution in [3.8, 4) is 0 Å². The van der Waals surface area contributed by atoms with Crippen molar-refractivity contribution in [1.82, 2.24) is 0 Å². The molecule has 0 amide bonds. The summed E-state index contributed by atoms with van der Waals surface area (Å²) in [5, 5.41) is 2.71. The van der Waals surface area contributed by atoms with Gasteiger partial charge >= 0.3 is 0 Å². The predicted octanol–water partition coefficient (Wildman–Crippen LogP) is 4.79. The smallest absolute Gasteiger partial charge is 0.261 e. The summed E-state index contributed by atoms with van der Waals surface area (Å²) in [4.78, 5) is 0.